The number of nitrogens with one attached hydrogen (secondary N) is 2. The molecule has 0 saturated carbocycles. The van der Waals surface area contributed by atoms with Crippen LogP contribution in [0.2, 0.25) is 0 Å². The topological polar surface area (TPSA) is 67.5 Å². The first-order chi connectivity index (χ1) is 12.8. The first kappa shape index (κ1) is 15.5. The van der Waals surface area contributed by atoms with Crippen LogP contribution >= 0.6 is 0 Å². The molecular formula is C20H23N5O. The Kier molecular flexibility index (Phi) is 3.72. The Morgan fingerprint density at radius 3 is 2.92 bits per heavy atom. The van der Waals surface area contributed by atoms with Crippen molar-refractivity contribution in [2.75, 3.05) is 32.1 Å². The first-order valence-electron chi connectivity index (χ1n) is 9.09. The summed E-state index contributed by atoms with van der Waals surface area (Å²) in [4.78, 5) is 2.46. The maximum atomic E-state index is 6.05. The second-order valence-electron chi connectivity index (χ2n) is 6.91. The van der Waals surface area contributed by atoms with Crippen LogP contribution in [-0.2, 0) is 4.74 Å². The van der Waals surface area contributed by atoms with Crippen LogP contribution in [0.4, 0.5) is 0 Å². The summed E-state index contributed by atoms with van der Waals surface area (Å²) in [7, 11) is 0. The van der Waals surface area contributed by atoms with E-state index < -0.39 is 0 Å². The molecule has 3 aliphatic heterocycles. The number of allylic oxidation sites excluding steroid dienone is 2. The lowest BCUT2D eigenvalue weighted by Crippen LogP contribution is -2.56. The molecule has 134 valence electrons. The zero-order valence-corrected chi connectivity index (χ0v) is 14.6. The molecule has 2 unspecified atom stereocenters. The second-order valence-corrected chi connectivity index (χ2v) is 6.91. The fraction of sp³-hybridized carbons (Fsp3) is 0.300. The van der Waals surface area contributed by atoms with E-state index >= 15 is 0 Å². The van der Waals surface area contributed by atoms with Crippen molar-refractivity contribution in [3.05, 3.63) is 66.0 Å². The first-order valence-corrected chi connectivity index (χ1v) is 9.09. The molecule has 0 spiro atoms. The van der Waals surface area contributed by atoms with Gasteiger partial charge in [-0.05, 0) is 36.1 Å². The van der Waals surface area contributed by atoms with Crippen molar-refractivity contribution in [2.45, 2.75) is 12.2 Å². The number of aromatic nitrogens is 1. The van der Waals surface area contributed by atoms with Gasteiger partial charge in [0.1, 0.15) is 6.17 Å². The van der Waals surface area contributed by atoms with Gasteiger partial charge in [0.25, 0.3) is 0 Å². The van der Waals surface area contributed by atoms with Crippen molar-refractivity contribution in [1.82, 2.24) is 20.2 Å². The monoisotopic (exact) mass is 349 g/mol. The Bertz CT molecular complexity index is 919. The van der Waals surface area contributed by atoms with E-state index in [1.165, 1.54) is 11.1 Å². The van der Waals surface area contributed by atoms with E-state index in [4.69, 9.17) is 10.6 Å². The molecule has 5 rings (SSSR count). The maximum absolute atomic E-state index is 6.05. The van der Waals surface area contributed by atoms with Crippen LogP contribution in [0.5, 0.6) is 0 Å². The van der Waals surface area contributed by atoms with Crippen LogP contribution in [0.3, 0.4) is 0 Å². The summed E-state index contributed by atoms with van der Waals surface area (Å²) in [5.74, 6) is 6.05. The predicted molar refractivity (Wildman–Crippen MR) is 104 cm³/mol. The molecule has 2 atom stereocenters. The number of ether oxygens (including phenoxy) is 1. The Hall–Kier alpha value is -2.70. The van der Waals surface area contributed by atoms with Gasteiger partial charge in [-0.15, -0.1) is 0 Å². The number of dihydropyridines is 1. The molecule has 6 nitrogen and oxygen atoms in total. The third-order valence-electron chi connectivity index (χ3n) is 5.43. The van der Waals surface area contributed by atoms with Crippen molar-refractivity contribution in [3.8, 4) is 0 Å². The van der Waals surface area contributed by atoms with Gasteiger partial charge in [-0.2, -0.15) is 0 Å². The van der Waals surface area contributed by atoms with E-state index in [0.29, 0.717) is 0 Å². The van der Waals surface area contributed by atoms with Gasteiger partial charge in [-0.1, -0.05) is 18.2 Å². The van der Waals surface area contributed by atoms with Gasteiger partial charge in [-0.25, -0.2) is 0 Å². The minimum absolute atomic E-state index is 0.163. The number of nitrogens with two attached hydrogens (primary N) is 1. The lowest BCUT2D eigenvalue weighted by molar-refractivity contribution is 0.0188. The molecule has 0 aliphatic carbocycles. The molecule has 3 aliphatic rings. The van der Waals surface area contributed by atoms with E-state index in [-0.39, 0.29) is 12.2 Å². The largest absolute Gasteiger partial charge is 0.381 e. The minimum Gasteiger partial charge on any atom is -0.381 e. The molecule has 0 radical (unpaired) electrons. The van der Waals surface area contributed by atoms with Crippen LogP contribution < -0.4 is 16.5 Å². The lowest BCUT2D eigenvalue weighted by Gasteiger charge is -2.42. The fourth-order valence-electron chi connectivity index (χ4n) is 4.10. The average molecular weight is 349 g/mol. The average Bonchev–Trinajstić information content (AvgIpc) is 3.09. The summed E-state index contributed by atoms with van der Waals surface area (Å²) in [5.41, 5.74) is 4.70. The zero-order chi connectivity index (χ0) is 17.5. The zero-order valence-electron chi connectivity index (χ0n) is 14.6. The third kappa shape index (κ3) is 2.50. The molecule has 4 heterocycles. The van der Waals surface area contributed by atoms with E-state index in [1.807, 2.05) is 12.4 Å². The summed E-state index contributed by atoms with van der Waals surface area (Å²) in [6.07, 6.45) is 10.7. The SMILES string of the molecule is Nn1ccc2c(C3=CC4NC=CC=C4C(N4CCOCC4)N3)cccc21. The molecule has 0 amide bonds. The molecule has 4 N–H and O–H groups in total. The van der Waals surface area contributed by atoms with Crippen molar-refractivity contribution >= 4 is 16.6 Å². The van der Waals surface area contributed by atoms with E-state index in [0.717, 1.165) is 42.9 Å². The van der Waals surface area contributed by atoms with Gasteiger partial charge in [-0.3, -0.25) is 9.58 Å². The number of rotatable bonds is 2. The Morgan fingerprint density at radius 1 is 1.15 bits per heavy atom. The highest BCUT2D eigenvalue weighted by molar-refractivity contribution is 5.93. The normalized spacial score (nSPS) is 25.8. The van der Waals surface area contributed by atoms with Gasteiger partial charge >= 0.3 is 0 Å². The smallest absolute Gasteiger partial charge is 0.104 e. The molecule has 26 heavy (non-hydrogen) atoms. The van der Waals surface area contributed by atoms with Gasteiger partial charge in [0, 0.05) is 35.9 Å². The molecule has 6 heteroatoms. The lowest BCUT2D eigenvalue weighted by atomic mass is 9.92. The van der Waals surface area contributed by atoms with Crippen LogP contribution in [-0.4, -0.2) is 48.1 Å². The van der Waals surface area contributed by atoms with Crippen molar-refractivity contribution < 1.29 is 4.74 Å². The predicted octanol–water partition coefficient (Wildman–Crippen LogP) is 1.37. The van der Waals surface area contributed by atoms with Crippen LogP contribution in [0, 0.1) is 0 Å². The van der Waals surface area contributed by atoms with Crippen LogP contribution in [0.1, 0.15) is 5.56 Å². The number of hydrogen-bond acceptors (Lipinski definition) is 5. The second kappa shape index (κ2) is 6.23. The van der Waals surface area contributed by atoms with Gasteiger partial charge in [0.05, 0.1) is 24.8 Å². The van der Waals surface area contributed by atoms with Crippen LogP contribution in [0.25, 0.3) is 16.6 Å². The van der Waals surface area contributed by atoms with Crippen LogP contribution in [0.15, 0.2) is 60.5 Å². The standard InChI is InChI=1S/C20H23N5O/c21-25-8-6-15-14(3-1-5-19(15)25)18-13-17-16(4-2-7-22-17)20(23-18)24-9-11-26-12-10-24/h1-8,13,17,20,22-23H,9-12,21H2. The molecule has 1 fully saturated rings. The van der Waals surface area contributed by atoms with E-state index in [9.17, 15) is 0 Å². The molecule has 2 aromatic rings. The van der Waals surface area contributed by atoms with Gasteiger partial charge in [0.15, 0.2) is 0 Å². The van der Waals surface area contributed by atoms with E-state index in [1.54, 1.807) is 4.68 Å². The van der Waals surface area contributed by atoms with Crippen molar-refractivity contribution in [3.63, 3.8) is 0 Å². The molecule has 1 saturated heterocycles. The Morgan fingerprint density at radius 2 is 2.04 bits per heavy atom. The summed E-state index contributed by atoms with van der Waals surface area (Å²) in [5, 5.41) is 8.43. The number of benzene rings is 1. The van der Waals surface area contributed by atoms with Crippen molar-refractivity contribution in [1.29, 1.82) is 0 Å². The third-order valence-corrected chi connectivity index (χ3v) is 5.43. The number of hydrogen-bond donors (Lipinski definition) is 3. The summed E-state index contributed by atoms with van der Waals surface area (Å²) >= 11 is 0. The Labute approximate surface area is 152 Å². The molecule has 1 aromatic heterocycles. The summed E-state index contributed by atoms with van der Waals surface area (Å²) in [6.45, 7) is 3.43. The summed E-state index contributed by atoms with van der Waals surface area (Å²) in [6, 6.07) is 8.54. The number of nitrogens with zero attached hydrogens (tertiary/aromatic N) is 2. The van der Waals surface area contributed by atoms with Gasteiger partial charge < -0.3 is 21.2 Å². The number of nitrogen functional groups attached to an aromatic ring is 1. The quantitative estimate of drug-likeness (QED) is 0.715. The number of fused-ring (bicyclic) bond motifs is 2. The highest BCUT2D eigenvalue weighted by atomic mass is 16.5. The number of morpholine rings is 1. The minimum atomic E-state index is 0.163. The van der Waals surface area contributed by atoms with Crippen molar-refractivity contribution in [2.24, 2.45) is 0 Å². The van der Waals surface area contributed by atoms with E-state index in [2.05, 4.69) is 58.0 Å². The highest BCUT2D eigenvalue weighted by Crippen LogP contribution is 2.31. The molecule has 0 bridgehead atoms. The molecule has 1 aromatic carbocycles. The maximum Gasteiger partial charge on any atom is 0.104 e. The van der Waals surface area contributed by atoms with Gasteiger partial charge in [0.2, 0.25) is 0 Å². The summed E-state index contributed by atoms with van der Waals surface area (Å²) < 4.78 is 7.22. The fourth-order valence-corrected chi connectivity index (χ4v) is 4.10. The highest BCUT2D eigenvalue weighted by Gasteiger charge is 2.33. The Balaban J connectivity index is 1.57. The molecular weight excluding hydrogens is 326 g/mol.